The maximum absolute atomic E-state index is 12.4. The fourth-order valence-electron chi connectivity index (χ4n) is 2.47. The van der Waals surface area contributed by atoms with Crippen LogP contribution in [0.15, 0.2) is 22.7 Å². The highest BCUT2D eigenvalue weighted by Crippen LogP contribution is 2.25. The van der Waals surface area contributed by atoms with E-state index in [1.807, 2.05) is 39.0 Å². The van der Waals surface area contributed by atoms with E-state index < -0.39 is 5.60 Å². The second-order valence-electron chi connectivity index (χ2n) is 6.86. The van der Waals surface area contributed by atoms with Gasteiger partial charge in [-0.05, 0) is 90.3 Å². The first-order valence-electron chi connectivity index (χ1n) is 7.89. The van der Waals surface area contributed by atoms with Crippen LogP contribution in [0.5, 0.6) is 0 Å². The van der Waals surface area contributed by atoms with Crippen molar-refractivity contribution in [1.29, 1.82) is 0 Å². The van der Waals surface area contributed by atoms with Crippen LogP contribution in [0.25, 0.3) is 0 Å². The normalized spacial score (nSPS) is 16.0. The predicted molar refractivity (Wildman–Crippen MR) is 106 cm³/mol. The second-order valence-corrected chi connectivity index (χ2v) is 8.88. The van der Waals surface area contributed by atoms with Crippen LogP contribution in [-0.2, 0) is 9.53 Å². The Hall–Kier alpha value is -0.830. The summed E-state index contributed by atoms with van der Waals surface area (Å²) in [5.74, 6) is -0.0753. The van der Waals surface area contributed by atoms with Crippen molar-refractivity contribution >= 4 is 56.2 Å². The minimum atomic E-state index is -0.497. The third-order valence-electron chi connectivity index (χ3n) is 3.70. The van der Waals surface area contributed by atoms with Crippen LogP contribution < -0.4 is 5.32 Å². The molecule has 1 heterocycles. The summed E-state index contributed by atoms with van der Waals surface area (Å²) in [6, 6.07) is 5.74. The van der Waals surface area contributed by atoms with Crippen LogP contribution in [0.1, 0.15) is 33.6 Å². The van der Waals surface area contributed by atoms with Crippen molar-refractivity contribution in [1.82, 2.24) is 4.90 Å². The van der Waals surface area contributed by atoms with E-state index >= 15 is 0 Å². The lowest BCUT2D eigenvalue weighted by Crippen LogP contribution is -2.43. The molecular formula is C17H22BrIN2O3. The molecule has 2 rings (SSSR count). The van der Waals surface area contributed by atoms with Crippen molar-refractivity contribution in [3.05, 3.63) is 26.2 Å². The number of amides is 2. The molecule has 0 atom stereocenters. The van der Waals surface area contributed by atoms with Gasteiger partial charge >= 0.3 is 6.09 Å². The molecule has 1 aromatic carbocycles. The first-order chi connectivity index (χ1) is 11.2. The zero-order chi connectivity index (χ0) is 17.9. The fourth-order valence-corrected chi connectivity index (χ4v) is 3.18. The number of nitrogens with zero attached hydrogens (tertiary/aromatic N) is 1. The predicted octanol–water partition coefficient (Wildman–Crippen LogP) is 4.64. The van der Waals surface area contributed by atoms with Gasteiger partial charge in [0.15, 0.2) is 0 Å². The lowest BCUT2D eigenvalue weighted by Gasteiger charge is -2.32. The van der Waals surface area contributed by atoms with Crippen LogP contribution in [0, 0.1) is 9.49 Å². The number of hydrogen-bond donors (Lipinski definition) is 1. The highest BCUT2D eigenvalue weighted by molar-refractivity contribution is 14.1. The molecule has 132 valence electrons. The molecule has 0 saturated carbocycles. The lowest BCUT2D eigenvalue weighted by atomic mass is 9.96. The van der Waals surface area contributed by atoms with Crippen LogP contribution in [0.3, 0.4) is 0 Å². The molecule has 2 amide bonds. The summed E-state index contributed by atoms with van der Waals surface area (Å²) in [4.78, 5) is 26.1. The average molecular weight is 509 g/mol. The summed E-state index contributed by atoms with van der Waals surface area (Å²) in [7, 11) is 0. The number of carbonyl (C=O) groups is 2. The van der Waals surface area contributed by atoms with Crippen molar-refractivity contribution in [2.24, 2.45) is 5.92 Å². The zero-order valence-electron chi connectivity index (χ0n) is 14.1. The highest BCUT2D eigenvalue weighted by Gasteiger charge is 2.29. The van der Waals surface area contributed by atoms with Gasteiger partial charge in [0.1, 0.15) is 5.60 Å². The highest BCUT2D eigenvalue weighted by atomic mass is 127. The molecule has 0 bridgehead atoms. The number of rotatable bonds is 2. The molecule has 1 aliphatic rings. The van der Waals surface area contributed by atoms with E-state index in [1.165, 1.54) is 0 Å². The molecule has 1 aromatic rings. The molecule has 0 aliphatic carbocycles. The maximum atomic E-state index is 12.4. The standard InChI is InChI=1S/C17H22BrIN2O3/c1-17(2,3)24-16(23)21-8-6-11(7-9-21)15(22)20-12-4-5-14(19)13(18)10-12/h4-5,10-11H,6-9H2,1-3H3,(H,20,22). The van der Waals surface area contributed by atoms with E-state index in [9.17, 15) is 9.59 Å². The molecule has 1 N–H and O–H groups in total. The molecule has 7 heteroatoms. The van der Waals surface area contributed by atoms with Gasteiger partial charge in [0, 0.05) is 32.7 Å². The number of halogens is 2. The van der Waals surface area contributed by atoms with E-state index in [4.69, 9.17) is 4.74 Å². The van der Waals surface area contributed by atoms with Gasteiger partial charge in [-0.15, -0.1) is 0 Å². The molecule has 1 aliphatic heterocycles. The Morgan fingerprint density at radius 3 is 2.46 bits per heavy atom. The van der Waals surface area contributed by atoms with E-state index in [2.05, 4.69) is 43.8 Å². The Labute approximate surface area is 164 Å². The monoisotopic (exact) mass is 508 g/mol. The first-order valence-corrected chi connectivity index (χ1v) is 9.77. The smallest absolute Gasteiger partial charge is 0.410 e. The molecule has 24 heavy (non-hydrogen) atoms. The van der Waals surface area contributed by atoms with Crippen molar-refractivity contribution in [3.8, 4) is 0 Å². The van der Waals surface area contributed by atoms with Gasteiger partial charge in [0.2, 0.25) is 5.91 Å². The summed E-state index contributed by atoms with van der Waals surface area (Å²) in [5, 5.41) is 2.96. The minimum absolute atomic E-state index is 0.00643. The topological polar surface area (TPSA) is 58.6 Å². The number of ether oxygens (including phenoxy) is 1. The van der Waals surface area contributed by atoms with Gasteiger partial charge in [-0.3, -0.25) is 4.79 Å². The van der Waals surface area contributed by atoms with Gasteiger partial charge < -0.3 is 15.0 Å². The number of piperidine rings is 1. The quantitative estimate of drug-likeness (QED) is 0.592. The van der Waals surface area contributed by atoms with Gasteiger partial charge in [-0.25, -0.2) is 4.79 Å². The second kappa shape index (κ2) is 8.03. The summed E-state index contributed by atoms with van der Waals surface area (Å²) >= 11 is 5.69. The lowest BCUT2D eigenvalue weighted by molar-refractivity contribution is -0.121. The molecule has 0 aromatic heterocycles. The maximum Gasteiger partial charge on any atom is 0.410 e. The number of likely N-dealkylation sites (tertiary alicyclic amines) is 1. The molecule has 0 unspecified atom stereocenters. The zero-order valence-corrected chi connectivity index (χ0v) is 17.8. The molecule has 5 nitrogen and oxygen atoms in total. The SMILES string of the molecule is CC(C)(C)OC(=O)N1CCC(C(=O)Nc2ccc(I)c(Br)c2)CC1. The number of benzene rings is 1. The minimum Gasteiger partial charge on any atom is -0.444 e. The number of carbonyl (C=O) groups excluding carboxylic acids is 2. The third kappa shape index (κ3) is 5.61. The van der Waals surface area contributed by atoms with Gasteiger partial charge in [-0.2, -0.15) is 0 Å². The van der Waals surface area contributed by atoms with Crippen LogP contribution in [-0.4, -0.2) is 35.6 Å². The van der Waals surface area contributed by atoms with Gasteiger partial charge in [0.05, 0.1) is 0 Å². The Bertz CT molecular complexity index is 623. The Kier molecular flexibility index (Phi) is 6.52. The first kappa shape index (κ1) is 19.5. The third-order valence-corrected chi connectivity index (χ3v) is 6.04. The fraction of sp³-hybridized carbons (Fsp3) is 0.529. The molecular weight excluding hydrogens is 487 g/mol. The van der Waals surface area contributed by atoms with Gasteiger partial charge in [-0.1, -0.05) is 0 Å². The summed E-state index contributed by atoms with van der Waals surface area (Å²) in [5.41, 5.74) is 0.283. The Morgan fingerprint density at radius 2 is 1.92 bits per heavy atom. The summed E-state index contributed by atoms with van der Waals surface area (Å²) < 4.78 is 7.43. The average Bonchev–Trinajstić information content (AvgIpc) is 2.49. The van der Waals surface area contributed by atoms with E-state index in [0.717, 1.165) is 13.7 Å². The number of hydrogen-bond acceptors (Lipinski definition) is 3. The van der Waals surface area contributed by atoms with Crippen LogP contribution >= 0.6 is 38.5 Å². The summed E-state index contributed by atoms with van der Waals surface area (Å²) in [6.45, 7) is 6.64. The molecule has 1 fully saturated rings. The largest absolute Gasteiger partial charge is 0.444 e. The van der Waals surface area contributed by atoms with E-state index in [-0.39, 0.29) is 17.9 Å². The number of nitrogens with one attached hydrogen (secondary N) is 1. The number of anilines is 1. The van der Waals surface area contributed by atoms with Crippen LogP contribution in [0.4, 0.5) is 10.5 Å². The molecule has 0 radical (unpaired) electrons. The molecule has 0 spiro atoms. The van der Waals surface area contributed by atoms with E-state index in [1.54, 1.807) is 4.90 Å². The molecule has 1 saturated heterocycles. The Morgan fingerprint density at radius 1 is 1.29 bits per heavy atom. The van der Waals surface area contributed by atoms with Crippen molar-refractivity contribution in [2.75, 3.05) is 18.4 Å². The van der Waals surface area contributed by atoms with Gasteiger partial charge in [0.25, 0.3) is 0 Å². The van der Waals surface area contributed by atoms with Crippen molar-refractivity contribution in [3.63, 3.8) is 0 Å². The summed E-state index contributed by atoms with van der Waals surface area (Å²) in [6.07, 6.45) is 0.996. The van der Waals surface area contributed by atoms with E-state index in [0.29, 0.717) is 25.9 Å². The van der Waals surface area contributed by atoms with Crippen molar-refractivity contribution in [2.45, 2.75) is 39.2 Å². The van der Waals surface area contributed by atoms with Crippen LogP contribution in [0.2, 0.25) is 0 Å². The van der Waals surface area contributed by atoms with Crippen molar-refractivity contribution < 1.29 is 14.3 Å². The Balaban J connectivity index is 1.86.